The third-order valence-corrected chi connectivity index (χ3v) is 2.82. The van der Waals surface area contributed by atoms with E-state index in [1.165, 1.54) is 12.3 Å². The Morgan fingerprint density at radius 2 is 1.89 bits per heavy atom. The van der Waals surface area contributed by atoms with Crippen LogP contribution < -0.4 is 0 Å². The molecule has 1 aromatic heterocycles. The van der Waals surface area contributed by atoms with E-state index < -0.39 is 11.7 Å². The van der Waals surface area contributed by atoms with Crippen LogP contribution >= 0.6 is 0 Å². The molecule has 0 spiro atoms. The number of hydrogen-bond donors (Lipinski definition) is 1. The van der Waals surface area contributed by atoms with E-state index in [0.717, 1.165) is 12.1 Å². The van der Waals surface area contributed by atoms with Gasteiger partial charge in [-0.1, -0.05) is 13.8 Å². The zero-order chi connectivity index (χ0) is 13.5. The van der Waals surface area contributed by atoms with Crippen LogP contribution in [0.15, 0.2) is 24.4 Å². The Kier molecular flexibility index (Phi) is 2.92. The molecule has 0 aliphatic heterocycles. The molecule has 5 heteroatoms. The predicted octanol–water partition coefficient (Wildman–Crippen LogP) is 4.08. The minimum absolute atomic E-state index is 0.00345. The van der Waals surface area contributed by atoms with Crippen LogP contribution in [-0.4, -0.2) is 10.1 Å². The molecule has 0 fully saturated rings. The largest absolute Gasteiger partial charge is 0.507 e. The number of pyridine rings is 1. The minimum Gasteiger partial charge on any atom is -0.507 e. The summed E-state index contributed by atoms with van der Waals surface area (Å²) in [4.78, 5) is 3.98. The van der Waals surface area contributed by atoms with Crippen molar-refractivity contribution in [2.45, 2.75) is 25.9 Å². The van der Waals surface area contributed by atoms with Gasteiger partial charge in [-0.05, 0) is 24.1 Å². The summed E-state index contributed by atoms with van der Waals surface area (Å²) in [6.45, 7) is 3.76. The van der Waals surface area contributed by atoms with Crippen molar-refractivity contribution in [2.24, 2.45) is 0 Å². The summed E-state index contributed by atoms with van der Waals surface area (Å²) in [5, 5.41) is 10.3. The van der Waals surface area contributed by atoms with Gasteiger partial charge in [0.15, 0.2) is 0 Å². The normalized spacial score (nSPS) is 12.3. The molecule has 96 valence electrons. The van der Waals surface area contributed by atoms with Crippen molar-refractivity contribution in [1.82, 2.24) is 4.98 Å². The monoisotopic (exact) mass is 255 g/mol. The number of nitrogens with zero attached hydrogens (tertiary/aromatic N) is 1. The van der Waals surface area contributed by atoms with E-state index >= 15 is 0 Å². The number of rotatable bonds is 1. The second-order valence-electron chi connectivity index (χ2n) is 4.45. The quantitative estimate of drug-likeness (QED) is 0.832. The van der Waals surface area contributed by atoms with Gasteiger partial charge in [0.2, 0.25) is 0 Å². The number of aromatic nitrogens is 1. The fourth-order valence-corrected chi connectivity index (χ4v) is 1.79. The molecule has 0 aliphatic carbocycles. The third kappa shape index (κ3) is 2.12. The van der Waals surface area contributed by atoms with Crippen LogP contribution in [0.5, 0.6) is 5.75 Å². The Morgan fingerprint density at radius 3 is 2.44 bits per heavy atom. The van der Waals surface area contributed by atoms with E-state index in [9.17, 15) is 18.3 Å². The second kappa shape index (κ2) is 4.15. The van der Waals surface area contributed by atoms with E-state index in [1.807, 2.05) is 13.8 Å². The van der Waals surface area contributed by atoms with E-state index in [2.05, 4.69) is 4.98 Å². The van der Waals surface area contributed by atoms with Gasteiger partial charge in [-0.2, -0.15) is 13.2 Å². The first-order valence-electron chi connectivity index (χ1n) is 5.49. The average Bonchev–Trinajstić information content (AvgIpc) is 2.27. The first kappa shape index (κ1) is 12.7. The number of aromatic hydroxyl groups is 1. The van der Waals surface area contributed by atoms with Gasteiger partial charge in [0.25, 0.3) is 0 Å². The fourth-order valence-electron chi connectivity index (χ4n) is 1.79. The summed E-state index contributed by atoms with van der Waals surface area (Å²) in [5.74, 6) is 0.0629. The van der Waals surface area contributed by atoms with E-state index in [0.29, 0.717) is 10.9 Å². The summed E-state index contributed by atoms with van der Waals surface area (Å²) in [6, 6.07) is 3.15. The van der Waals surface area contributed by atoms with Gasteiger partial charge in [0.1, 0.15) is 5.75 Å². The molecule has 0 radical (unpaired) electrons. The zero-order valence-electron chi connectivity index (χ0n) is 9.92. The molecular formula is C13H12F3NO. The molecule has 0 saturated heterocycles. The van der Waals surface area contributed by atoms with Gasteiger partial charge in [-0.15, -0.1) is 0 Å². The summed E-state index contributed by atoms with van der Waals surface area (Å²) in [5.41, 5.74) is 0.00757. The molecule has 0 saturated carbocycles. The average molecular weight is 255 g/mol. The Labute approximate surface area is 102 Å². The molecule has 2 aromatic rings. The highest BCUT2D eigenvalue weighted by atomic mass is 19.4. The maximum absolute atomic E-state index is 12.5. The van der Waals surface area contributed by atoms with Crippen LogP contribution in [0.1, 0.15) is 30.9 Å². The lowest BCUT2D eigenvalue weighted by atomic mass is 10.0. The topological polar surface area (TPSA) is 33.1 Å². The number of halogens is 3. The SMILES string of the molecule is CC(C)c1cnc2cc(C(F)(F)F)ccc2c1O. The van der Waals surface area contributed by atoms with E-state index in [4.69, 9.17) is 0 Å². The van der Waals surface area contributed by atoms with Gasteiger partial charge in [-0.25, -0.2) is 0 Å². The Bertz CT molecular complexity index is 591. The fraction of sp³-hybridized carbons (Fsp3) is 0.308. The molecule has 0 atom stereocenters. The first-order chi connectivity index (χ1) is 8.30. The van der Waals surface area contributed by atoms with E-state index in [-0.39, 0.29) is 17.2 Å². The van der Waals surface area contributed by atoms with Crippen molar-refractivity contribution in [3.8, 4) is 5.75 Å². The van der Waals surface area contributed by atoms with Crippen molar-refractivity contribution < 1.29 is 18.3 Å². The lowest BCUT2D eigenvalue weighted by Crippen LogP contribution is -2.04. The number of alkyl halides is 3. The molecule has 0 bridgehead atoms. The Morgan fingerprint density at radius 1 is 1.22 bits per heavy atom. The van der Waals surface area contributed by atoms with Gasteiger partial charge < -0.3 is 5.11 Å². The summed E-state index contributed by atoms with van der Waals surface area (Å²) in [7, 11) is 0. The molecule has 18 heavy (non-hydrogen) atoms. The Balaban J connectivity index is 2.65. The third-order valence-electron chi connectivity index (χ3n) is 2.82. The van der Waals surface area contributed by atoms with Crippen LogP contribution in [-0.2, 0) is 6.18 Å². The van der Waals surface area contributed by atoms with Crippen LogP contribution in [0.2, 0.25) is 0 Å². The van der Waals surface area contributed by atoms with Gasteiger partial charge in [-0.3, -0.25) is 4.98 Å². The Hall–Kier alpha value is -1.78. The second-order valence-corrected chi connectivity index (χ2v) is 4.45. The maximum atomic E-state index is 12.5. The first-order valence-corrected chi connectivity index (χ1v) is 5.49. The van der Waals surface area contributed by atoms with Crippen molar-refractivity contribution in [3.05, 3.63) is 35.5 Å². The smallest absolute Gasteiger partial charge is 0.416 e. The lowest BCUT2D eigenvalue weighted by molar-refractivity contribution is -0.137. The van der Waals surface area contributed by atoms with Crippen LogP contribution in [0.25, 0.3) is 10.9 Å². The van der Waals surface area contributed by atoms with Gasteiger partial charge >= 0.3 is 6.18 Å². The molecule has 2 rings (SSSR count). The van der Waals surface area contributed by atoms with Crippen molar-refractivity contribution in [3.63, 3.8) is 0 Å². The minimum atomic E-state index is -4.40. The standard InChI is InChI=1S/C13H12F3NO/c1-7(2)10-6-17-11-5-8(13(14,15)16)3-4-9(11)12(10)18/h3-7H,1-2H3,(H,17,18). The summed E-state index contributed by atoms with van der Waals surface area (Å²) in [6.07, 6.45) is -2.98. The molecular weight excluding hydrogens is 243 g/mol. The highest BCUT2D eigenvalue weighted by Crippen LogP contribution is 2.35. The van der Waals surface area contributed by atoms with Crippen LogP contribution in [0.4, 0.5) is 13.2 Å². The summed E-state index contributed by atoms with van der Waals surface area (Å²) >= 11 is 0. The molecule has 0 unspecified atom stereocenters. The van der Waals surface area contributed by atoms with E-state index in [1.54, 1.807) is 0 Å². The number of benzene rings is 1. The van der Waals surface area contributed by atoms with Crippen molar-refractivity contribution in [1.29, 1.82) is 0 Å². The molecule has 0 aliphatic rings. The molecule has 2 nitrogen and oxygen atoms in total. The molecule has 0 amide bonds. The molecule has 1 N–H and O–H groups in total. The molecule has 1 heterocycles. The van der Waals surface area contributed by atoms with Gasteiger partial charge in [0.05, 0.1) is 11.1 Å². The predicted molar refractivity (Wildman–Crippen MR) is 62.5 cm³/mol. The zero-order valence-corrected chi connectivity index (χ0v) is 9.92. The van der Waals surface area contributed by atoms with Crippen molar-refractivity contribution >= 4 is 10.9 Å². The summed E-state index contributed by atoms with van der Waals surface area (Å²) < 4.78 is 37.6. The van der Waals surface area contributed by atoms with Gasteiger partial charge in [0, 0.05) is 17.1 Å². The van der Waals surface area contributed by atoms with Crippen molar-refractivity contribution in [2.75, 3.05) is 0 Å². The highest BCUT2D eigenvalue weighted by molar-refractivity contribution is 5.86. The maximum Gasteiger partial charge on any atom is 0.416 e. The number of hydrogen-bond acceptors (Lipinski definition) is 2. The molecule has 1 aromatic carbocycles. The highest BCUT2D eigenvalue weighted by Gasteiger charge is 2.30. The van der Waals surface area contributed by atoms with Crippen LogP contribution in [0.3, 0.4) is 0 Å². The number of fused-ring (bicyclic) bond motifs is 1. The van der Waals surface area contributed by atoms with Crippen LogP contribution in [0, 0.1) is 0 Å². The lowest BCUT2D eigenvalue weighted by Gasteiger charge is -2.12.